The van der Waals surface area contributed by atoms with Crippen LogP contribution in [-0.4, -0.2) is 48.1 Å². The maximum atomic E-state index is 13.3. The highest BCUT2D eigenvalue weighted by Crippen LogP contribution is 2.25. The van der Waals surface area contributed by atoms with Crippen LogP contribution >= 0.6 is 0 Å². The number of esters is 1. The summed E-state index contributed by atoms with van der Waals surface area (Å²) in [4.78, 5) is 40.8. The van der Waals surface area contributed by atoms with Gasteiger partial charge in [-0.2, -0.15) is 0 Å². The van der Waals surface area contributed by atoms with Crippen LogP contribution in [0.2, 0.25) is 0 Å². The molecule has 1 aromatic heterocycles. The van der Waals surface area contributed by atoms with Crippen LogP contribution in [0.15, 0.2) is 24.3 Å². The Morgan fingerprint density at radius 1 is 1.18 bits per heavy atom. The molecule has 0 radical (unpaired) electrons. The highest BCUT2D eigenvalue weighted by molar-refractivity contribution is 6.01. The number of anilines is 1. The summed E-state index contributed by atoms with van der Waals surface area (Å²) in [5, 5.41) is 9.06. The summed E-state index contributed by atoms with van der Waals surface area (Å²) in [6, 6.07) is 7.33. The molecule has 1 unspecified atom stereocenters. The van der Waals surface area contributed by atoms with Crippen molar-refractivity contribution in [2.45, 2.75) is 65.1 Å². The Labute approximate surface area is 200 Å². The fourth-order valence-corrected chi connectivity index (χ4v) is 3.89. The molecular formula is C25H34N4O5. The van der Waals surface area contributed by atoms with E-state index < -0.39 is 11.6 Å². The van der Waals surface area contributed by atoms with Crippen molar-refractivity contribution in [2.75, 3.05) is 19.0 Å². The Morgan fingerprint density at radius 3 is 2.44 bits per heavy atom. The molecule has 1 saturated heterocycles. The van der Waals surface area contributed by atoms with Gasteiger partial charge in [-0.05, 0) is 63.4 Å². The average Bonchev–Trinajstić information content (AvgIpc) is 3.38. The summed E-state index contributed by atoms with van der Waals surface area (Å²) in [6.45, 7) is 7.92. The minimum atomic E-state index is -0.669. The predicted molar refractivity (Wildman–Crippen MR) is 129 cm³/mol. The summed E-state index contributed by atoms with van der Waals surface area (Å²) in [5.41, 5.74) is 2.07. The second-order valence-corrected chi connectivity index (χ2v) is 9.28. The smallest absolute Gasteiger partial charge is 0.355 e. The van der Waals surface area contributed by atoms with Crippen molar-refractivity contribution in [1.29, 1.82) is 0 Å². The van der Waals surface area contributed by atoms with Crippen molar-refractivity contribution < 1.29 is 23.9 Å². The average molecular weight is 471 g/mol. The molecule has 0 bridgehead atoms. The maximum absolute atomic E-state index is 13.3. The minimum Gasteiger partial charge on any atom is -0.497 e. The molecule has 34 heavy (non-hydrogen) atoms. The molecule has 1 aliphatic heterocycles. The Bertz CT molecular complexity index is 1040. The predicted octanol–water partition coefficient (Wildman–Crippen LogP) is 3.16. The van der Waals surface area contributed by atoms with Gasteiger partial charge in [0.15, 0.2) is 0 Å². The first kappa shape index (κ1) is 25.1. The molecule has 9 heteroatoms. The van der Waals surface area contributed by atoms with E-state index in [0.717, 1.165) is 11.4 Å². The zero-order valence-electron chi connectivity index (χ0n) is 20.5. The van der Waals surface area contributed by atoms with Crippen LogP contribution in [0.5, 0.6) is 5.75 Å². The number of hydrogen-bond donors (Lipinski definition) is 4. The third kappa shape index (κ3) is 6.30. The van der Waals surface area contributed by atoms with Gasteiger partial charge in [0.1, 0.15) is 17.0 Å². The quantitative estimate of drug-likeness (QED) is 0.418. The number of rotatable bonds is 9. The molecule has 1 fully saturated rings. The molecule has 0 aliphatic carbocycles. The number of carbonyl (C=O) groups is 3. The zero-order chi connectivity index (χ0) is 24.9. The molecular weight excluding hydrogens is 436 g/mol. The van der Waals surface area contributed by atoms with Crippen molar-refractivity contribution in [3.05, 3.63) is 46.8 Å². The van der Waals surface area contributed by atoms with E-state index in [1.165, 1.54) is 0 Å². The molecule has 1 atom stereocenters. The largest absolute Gasteiger partial charge is 0.497 e. The highest BCUT2D eigenvalue weighted by Gasteiger charge is 2.29. The molecule has 184 valence electrons. The lowest BCUT2D eigenvalue weighted by molar-refractivity contribution is -0.119. The zero-order valence-corrected chi connectivity index (χ0v) is 20.5. The SMILES string of the molecule is CCc1c(C(=O)OC(C)(C)C)[nH]c(CNc2ccc(OC)cc2)c1C(=O)NCC1CCC(=O)N1. The lowest BCUT2D eigenvalue weighted by atomic mass is 10.0. The number of methoxy groups -OCH3 is 1. The molecule has 1 aliphatic rings. The van der Waals surface area contributed by atoms with Gasteiger partial charge >= 0.3 is 5.97 Å². The Morgan fingerprint density at radius 2 is 1.88 bits per heavy atom. The lowest BCUT2D eigenvalue weighted by Crippen LogP contribution is -2.38. The standard InChI is InChI=1S/C25H34N4O5/c1-6-18-21(23(31)27-13-16-9-12-20(30)28-16)19(29-22(18)24(32)34-25(2,3)4)14-26-15-7-10-17(33-5)11-8-15/h7-8,10-11,16,26,29H,6,9,12-14H2,1-5H3,(H,27,31)(H,28,30). The van der Waals surface area contributed by atoms with Gasteiger partial charge in [-0.25, -0.2) is 4.79 Å². The van der Waals surface area contributed by atoms with Crippen LogP contribution in [0.3, 0.4) is 0 Å². The van der Waals surface area contributed by atoms with Crippen molar-refractivity contribution >= 4 is 23.5 Å². The van der Waals surface area contributed by atoms with E-state index in [9.17, 15) is 14.4 Å². The monoisotopic (exact) mass is 470 g/mol. The third-order valence-corrected chi connectivity index (χ3v) is 5.52. The van der Waals surface area contributed by atoms with Gasteiger partial charge in [0.2, 0.25) is 5.91 Å². The van der Waals surface area contributed by atoms with Crippen LogP contribution in [0.4, 0.5) is 5.69 Å². The number of amides is 2. The van der Waals surface area contributed by atoms with Crippen LogP contribution in [0.1, 0.15) is 72.6 Å². The van der Waals surface area contributed by atoms with Gasteiger partial charge < -0.3 is 30.4 Å². The first-order valence-corrected chi connectivity index (χ1v) is 11.5. The highest BCUT2D eigenvalue weighted by atomic mass is 16.6. The summed E-state index contributed by atoms with van der Waals surface area (Å²) in [5.74, 6) is -0.0653. The summed E-state index contributed by atoms with van der Waals surface area (Å²) in [7, 11) is 1.60. The van der Waals surface area contributed by atoms with E-state index >= 15 is 0 Å². The van der Waals surface area contributed by atoms with Crippen LogP contribution < -0.4 is 20.7 Å². The summed E-state index contributed by atoms with van der Waals surface area (Å²) < 4.78 is 10.8. The number of benzene rings is 1. The molecule has 1 aromatic carbocycles. The number of aromatic amines is 1. The number of carbonyl (C=O) groups excluding carboxylic acids is 3. The first-order valence-electron chi connectivity index (χ1n) is 11.5. The van der Waals surface area contributed by atoms with E-state index in [0.29, 0.717) is 49.2 Å². The second kappa shape index (κ2) is 10.6. The molecule has 9 nitrogen and oxygen atoms in total. The molecule has 2 heterocycles. The van der Waals surface area contributed by atoms with Gasteiger partial charge in [-0.1, -0.05) is 6.92 Å². The second-order valence-electron chi connectivity index (χ2n) is 9.28. The number of hydrogen-bond acceptors (Lipinski definition) is 6. The van der Waals surface area contributed by atoms with E-state index in [1.54, 1.807) is 27.9 Å². The molecule has 2 aromatic rings. The Balaban J connectivity index is 1.86. The van der Waals surface area contributed by atoms with Gasteiger partial charge in [0.05, 0.1) is 19.2 Å². The fraction of sp³-hybridized carbons (Fsp3) is 0.480. The number of aromatic nitrogens is 1. The van der Waals surface area contributed by atoms with Crippen LogP contribution in [0, 0.1) is 0 Å². The fourth-order valence-electron chi connectivity index (χ4n) is 3.89. The summed E-state index contributed by atoms with van der Waals surface area (Å²) >= 11 is 0. The molecule has 0 saturated carbocycles. The van der Waals surface area contributed by atoms with Crippen molar-refractivity contribution in [1.82, 2.24) is 15.6 Å². The summed E-state index contributed by atoms with van der Waals surface area (Å²) in [6.07, 6.45) is 1.61. The number of nitrogens with one attached hydrogen (secondary N) is 4. The van der Waals surface area contributed by atoms with E-state index in [-0.39, 0.29) is 23.6 Å². The van der Waals surface area contributed by atoms with E-state index in [2.05, 4.69) is 20.9 Å². The Kier molecular flexibility index (Phi) is 7.86. The maximum Gasteiger partial charge on any atom is 0.355 e. The molecule has 0 spiro atoms. The first-order chi connectivity index (χ1) is 16.1. The minimum absolute atomic E-state index is 0.00765. The third-order valence-electron chi connectivity index (χ3n) is 5.52. The van der Waals surface area contributed by atoms with Crippen LogP contribution in [-0.2, 0) is 22.5 Å². The topological polar surface area (TPSA) is 122 Å². The van der Waals surface area contributed by atoms with Crippen molar-refractivity contribution in [2.24, 2.45) is 0 Å². The number of H-pyrrole nitrogens is 1. The van der Waals surface area contributed by atoms with Gasteiger partial charge in [0.25, 0.3) is 5.91 Å². The van der Waals surface area contributed by atoms with Gasteiger partial charge in [-0.15, -0.1) is 0 Å². The lowest BCUT2D eigenvalue weighted by Gasteiger charge is -2.19. The van der Waals surface area contributed by atoms with Crippen molar-refractivity contribution in [3.63, 3.8) is 0 Å². The molecule has 4 N–H and O–H groups in total. The van der Waals surface area contributed by atoms with E-state index in [1.807, 2.05) is 31.2 Å². The van der Waals surface area contributed by atoms with Crippen LogP contribution in [0.25, 0.3) is 0 Å². The normalized spacial score (nSPS) is 15.6. The van der Waals surface area contributed by atoms with Crippen molar-refractivity contribution in [3.8, 4) is 5.75 Å². The number of ether oxygens (including phenoxy) is 2. The Hall–Kier alpha value is -3.49. The van der Waals surface area contributed by atoms with E-state index in [4.69, 9.17) is 9.47 Å². The van der Waals surface area contributed by atoms with Gasteiger partial charge in [0, 0.05) is 30.4 Å². The van der Waals surface area contributed by atoms with Gasteiger partial charge in [-0.3, -0.25) is 9.59 Å². The molecule has 3 rings (SSSR count). The molecule has 2 amide bonds.